The number of quaternary nitrogens is 1. The maximum absolute atomic E-state index is 12.6. The van der Waals surface area contributed by atoms with Gasteiger partial charge < -0.3 is 28.2 Å². The van der Waals surface area contributed by atoms with Gasteiger partial charge >= 0.3 is 23.9 Å². The van der Waals surface area contributed by atoms with Crippen LogP contribution in [0, 0.1) is 12.3 Å². The molecule has 10 nitrogen and oxygen atoms in total. The standard InChI is InChI=1S/C24H38NO9/c1-7-11-18(26)31-17-16-30-24(34-21(29)15-25(5,6)14-10-4)23(33-20(28)13-9-3)22(17)32-19(27)12-8-2/h4,17,22-24H,7-9,11-16H2,1-3,5-6H3/q+1/t17-,22-,23+,24?/m0/s1. The van der Waals surface area contributed by atoms with E-state index in [-0.39, 0.29) is 36.9 Å². The molecule has 0 amide bonds. The quantitative estimate of drug-likeness (QED) is 0.167. The van der Waals surface area contributed by atoms with E-state index >= 15 is 0 Å². The molecule has 1 aliphatic rings. The van der Waals surface area contributed by atoms with Crippen LogP contribution in [-0.4, -0.2) is 86.8 Å². The third-order valence-corrected chi connectivity index (χ3v) is 4.89. The zero-order chi connectivity index (χ0) is 25.7. The first-order valence-electron chi connectivity index (χ1n) is 11.7. The normalized spacial score (nSPS) is 22.2. The molecule has 0 spiro atoms. The van der Waals surface area contributed by atoms with Crippen molar-refractivity contribution in [2.45, 2.75) is 83.9 Å². The molecule has 34 heavy (non-hydrogen) atoms. The average molecular weight is 485 g/mol. The lowest BCUT2D eigenvalue weighted by molar-refractivity contribution is -0.875. The molecule has 0 aromatic rings. The van der Waals surface area contributed by atoms with Crippen LogP contribution in [0.2, 0.25) is 0 Å². The maximum atomic E-state index is 12.6. The third-order valence-electron chi connectivity index (χ3n) is 4.89. The molecular weight excluding hydrogens is 446 g/mol. The van der Waals surface area contributed by atoms with Crippen LogP contribution in [-0.2, 0) is 42.9 Å². The monoisotopic (exact) mass is 484 g/mol. The Hall–Kier alpha value is -2.64. The smallest absolute Gasteiger partial charge is 0.364 e. The number of carbonyl (C=O) groups excluding carboxylic acids is 4. The highest BCUT2D eigenvalue weighted by Crippen LogP contribution is 2.26. The Bertz CT molecular complexity index is 743. The van der Waals surface area contributed by atoms with Crippen molar-refractivity contribution in [3.8, 4) is 12.3 Å². The molecule has 0 saturated carbocycles. The summed E-state index contributed by atoms with van der Waals surface area (Å²) < 4.78 is 27.9. The summed E-state index contributed by atoms with van der Waals surface area (Å²) in [5, 5.41) is 0. The fourth-order valence-corrected chi connectivity index (χ4v) is 3.29. The first-order valence-corrected chi connectivity index (χ1v) is 11.7. The minimum absolute atomic E-state index is 0.0606. The van der Waals surface area contributed by atoms with Crippen LogP contribution in [0.1, 0.15) is 59.3 Å². The van der Waals surface area contributed by atoms with Crippen molar-refractivity contribution in [3.63, 3.8) is 0 Å². The van der Waals surface area contributed by atoms with E-state index in [0.717, 1.165) is 0 Å². The van der Waals surface area contributed by atoms with Gasteiger partial charge in [0, 0.05) is 19.3 Å². The summed E-state index contributed by atoms with van der Waals surface area (Å²) in [6.45, 7) is 5.46. The van der Waals surface area contributed by atoms with Gasteiger partial charge in [-0.3, -0.25) is 14.4 Å². The zero-order valence-electron chi connectivity index (χ0n) is 20.9. The van der Waals surface area contributed by atoms with Crippen LogP contribution in [0.4, 0.5) is 0 Å². The van der Waals surface area contributed by atoms with E-state index in [2.05, 4.69) is 5.92 Å². The van der Waals surface area contributed by atoms with Crippen LogP contribution >= 0.6 is 0 Å². The van der Waals surface area contributed by atoms with E-state index in [1.54, 1.807) is 21.0 Å². The Labute approximate surface area is 201 Å². The van der Waals surface area contributed by atoms with Crippen molar-refractivity contribution in [2.24, 2.45) is 0 Å². The number of likely N-dealkylation sites (N-methyl/N-ethyl adjacent to an activating group) is 1. The average Bonchev–Trinajstić information content (AvgIpc) is 2.72. The van der Waals surface area contributed by atoms with Crippen LogP contribution in [0.5, 0.6) is 0 Å². The van der Waals surface area contributed by atoms with Crippen molar-refractivity contribution in [2.75, 3.05) is 33.8 Å². The van der Waals surface area contributed by atoms with E-state index in [9.17, 15) is 19.2 Å². The van der Waals surface area contributed by atoms with Gasteiger partial charge in [-0.2, -0.15) is 0 Å². The molecule has 0 bridgehead atoms. The summed E-state index contributed by atoms with van der Waals surface area (Å²) >= 11 is 0. The number of carbonyl (C=O) groups is 4. The van der Waals surface area contributed by atoms with Gasteiger partial charge in [0.1, 0.15) is 6.54 Å². The van der Waals surface area contributed by atoms with E-state index in [1.165, 1.54) is 0 Å². The Morgan fingerprint density at radius 2 is 1.32 bits per heavy atom. The number of hydrogen-bond acceptors (Lipinski definition) is 9. The molecule has 192 valence electrons. The first kappa shape index (κ1) is 29.4. The lowest BCUT2D eigenvalue weighted by Gasteiger charge is -2.40. The van der Waals surface area contributed by atoms with Crippen LogP contribution in [0.25, 0.3) is 0 Å². The highest BCUT2D eigenvalue weighted by Gasteiger charge is 2.49. The molecule has 0 radical (unpaired) electrons. The number of hydrogen-bond donors (Lipinski definition) is 0. The number of ether oxygens (including phenoxy) is 5. The summed E-state index contributed by atoms with van der Waals surface area (Å²) in [5.74, 6) is 0.215. The lowest BCUT2D eigenvalue weighted by Crippen LogP contribution is -2.59. The zero-order valence-corrected chi connectivity index (χ0v) is 20.9. The third kappa shape index (κ3) is 10.1. The molecule has 1 saturated heterocycles. The lowest BCUT2D eigenvalue weighted by atomic mass is 10.0. The number of rotatable bonds is 13. The number of nitrogens with zero attached hydrogens (tertiary/aromatic N) is 1. The van der Waals surface area contributed by atoms with Gasteiger partial charge in [0.05, 0.1) is 20.7 Å². The minimum atomic E-state index is -1.35. The second-order valence-electron chi connectivity index (χ2n) is 8.83. The summed E-state index contributed by atoms with van der Waals surface area (Å²) in [6, 6.07) is 0. The molecule has 4 atom stereocenters. The van der Waals surface area contributed by atoms with Crippen molar-refractivity contribution in [1.82, 2.24) is 0 Å². The summed E-state index contributed by atoms with van der Waals surface area (Å²) in [6.07, 6.45) is 2.47. The second-order valence-corrected chi connectivity index (χ2v) is 8.83. The van der Waals surface area contributed by atoms with Crippen molar-refractivity contribution in [3.05, 3.63) is 0 Å². The highest BCUT2D eigenvalue weighted by molar-refractivity contribution is 5.72. The molecule has 10 heteroatoms. The Kier molecular flexibility index (Phi) is 12.6. The first-order chi connectivity index (χ1) is 16.1. The molecule has 0 aromatic carbocycles. The second kappa shape index (κ2) is 14.6. The van der Waals surface area contributed by atoms with Gasteiger partial charge in [-0.15, -0.1) is 6.42 Å². The Morgan fingerprint density at radius 3 is 1.82 bits per heavy atom. The Balaban J connectivity index is 3.17. The molecule has 1 fully saturated rings. The molecule has 1 aliphatic heterocycles. The fourth-order valence-electron chi connectivity index (χ4n) is 3.29. The fraction of sp³-hybridized carbons (Fsp3) is 0.750. The molecule has 0 N–H and O–H groups in total. The van der Waals surface area contributed by atoms with E-state index in [4.69, 9.17) is 30.1 Å². The van der Waals surface area contributed by atoms with Crippen LogP contribution in [0.3, 0.4) is 0 Å². The molecule has 1 rings (SSSR count). The summed E-state index contributed by atoms with van der Waals surface area (Å²) in [4.78, 5) is 49.5. The van der Waals surface area contributed by atoms with Crippen molar-refractivity contribution in [1.29, 1.82) is 0 Å². The minimum Gasteiger partial charge on any atom is -0.456 e. The largest absolute Gasteiger partial charge is 0.456 e. The SMILES string of the molecule is C#CC[N+](C)(C)CC(=O)OC1OC[C@H](OC(=O)CCC)[C@H](OC(=O)CCC)[C@H]1OC(=O)CCC. The molecule has 1 heterocycles. The molecule has 0 aromatic heterocycles. The van der Waals surface area contributed by atoms with Gasteiger partial charge in [-0.05, 0) is 25.2 Å². The van der Waals surface area contributed by atoms with E-state index in [1.807, 2.05) is 13.8 Å². The predicted octanol–water partition coefficient (Wildman–Crippen LogP) is 1.73. The van der Waals surface area contributed by atoms with Crippen LogP contribution < -0.4 is 0 Å². The number of terminal acetylenes is 1. The van der Waals surface area contributed by atoms with Crippen molar-refractivity contribution >= 4 is 23.9 Å². The maximum Gasteiger partial charge on any atom is 0.364 e. The van der Waals surface area contributed by atoms with Gasteiger partial charge in [-0.1, -0.05) is 20.8 Å². The predicted molar refractivity (Wildman–Crippen MR) is 121 cm³/mol. The van der Waals surface area contributed by atoms with E-state index < -0.39 is 48.5 Å². The van der Waals surface area contributed by atoms with Gasteiger partial charge in [0.25, 0.3) is 0 Å². The van der Waals surface area contributed by atoms with Crippen LogP contribution in [0.15, 0.2) is 0 Å². The summed E-state index contributed by atoms with van der Waals surface area (Å²) in [7, 11) is 3.53. The topological polar surface area (TPSA) is 114 Å². The Morgan fingerprint density at radius 1 is 0.824 bits per heavy atom. The van der Waals surface area contributed by atoms with Gasteiger partial charge in [-0.25, -0.2) is 4.79 Å². The number of esters is 4. The molecule has 1 unspecified atom stereocenters. The molecule has 0 aliphatic carbocycles. The highest BCUT2D eigenvalue weighted by atomic mass is 16.7. The van der Waals surface area contributed by atoms with Gasteiger partial charge in [0.2, 0.25) is 12.4 Å². The molecular formula is C24H38NO9+. The van der Waals surface area contributed by atoms with E-state index in [0.29, 0.717) is 25.8 Å². The van der Waals surface area contributed by atoms with Crippen molar-refractivity contribution < 1.29 is 47.3 Å². The summed E-state index contributed by atoms with van der Waals surface area (Å²) in [5.41, 5.74) is 0. The van der Waals surface area contributed by atoms with Gasteiger partial charge in [0.15, 0.2) is 18.8 Å².